The number of anilines is 1. The number of benzene rings is 3. The van der Waals surface area contributed by atoms with Gasteiger partial charge < -0.3 is 14.6 Å². The van der Waals surface area contributed by atoms with Crippen LogP contribution in [0.5, 0.6) is 5.75 Å². The van der Waals surface area contributed by atoms with Gasteiger partial charge in [-0.25, -0.2) is 8.42 Å². The first-order chi connectivity index (χ1) is 16.9. The van der Waals surface area contributed by atoms with Gasteiger partial charge in [-0.3, -0.25) is 4.79 Å². The van der Waals surface area contributed by atoms with Crippen molar-refractivity contribution in [2.24, 2.45) is 0 Å². The summed E-state index contributed by atoms with van der Waals surface area (Å²) in [7, 11) is -2.21. The SMILES string of the molecule is CCn1c2ccccc2c2cc(NC(=O)c3cc(S(=O)(=O)N4CCCCC4)ccc3OC)ccc21. The predicted octanol–water partition coefficient (Wildman–Crippen LogP) is 5.25. The van der Waals surface area contributed by atoms with Crippen LogP contribution >= 0.6 is 0 Å². The van der Waals surface area contributed by atoms with Crippen molar-refractivity contribution in [3.05, 3.63) is 66.2 Å². The molecular weight excluding hydrogens is 462 g/mol. The van der Waals surface area contributed by atoms with Crippen LogP contribution in [0.2, 0.25) is 0 Å². The molecule has 1 saturated heterocycles. The van der Waals surface area contributed by atoms with Gasteiger partial charge in [0.2, 0.25) is 10.0 Å². The van der Waals surface area contributed by atoms with E-state index in [1.54, 1.807) is 6.07 Å². The molecule has 5 rings (SSSR count). The van der Waals surface area contributed by atoms with E-state index in [9.17, 15) is 13.2 Å². The Morgan fingerprint density at radius 1 is 0.943 bits per heavy atom. The Labute approximate surface area is 205 Å². The fourth-order valence-electron chi connectivity index (χ4n) is 4.95. The topological polar surface area (TPSA) is 80.6 Å². The summed E-state index contributed by atoms with van der Waals surface area (Å²) in [6.07, 6.45) is 2.73. The molecule has 0 unspecified atom stereocenters. The summed E-state index contributed by atoms with van der Waals surface area (Å²) in [4.78, 5) is 13.4. The average molecular weight is 492 g/mol. The van der Waals surface area contributed by atoms with Crippen LogP contribution in [-0.4, -0.2) is 43.4 Å². The Bertz CT molecular complexity index is 1520. The standard InChI is InChI=1S/C27H29N3O4S/c1-3-30-24-10-6-5-9-21(24)22-17-19(11-13-25(22)30)28-27(31)23-18-20(12-14-26(23)34-2)35(32,33)29-15-7-4-8-16-29/h5-6,9-14,17-18H,3-4,7-8,15-16H2,1-2H3,(H,28,31). The highest BCUT2D eigenvalue weighted by Gasteiger charge is 2.27. The van der Waals surface area contributed by atoms with E-state index in [1.807, 2.05) is 30.3 Å². The molecule has 3 aromatic carbocycles. The first kappa shape index (κ1) is 23.4. The molecule has 1 fully saturated rings. The van der Waals surface area contributed by atoms with Crippen LogP contribution in [0.25, 0.3) is 21.8 Å². The molecule has 182 valence electrons. The second kappa shape index (κ2) is 9.36. The number of sulfonamides is 1. The monoisotopic (exact) mass is 491 g/mol. The van der Waals surface area contributed by atoms with Crippen LogP contribution in [0.1, 0.15) is 36.5 Å². The van der Waals surface area contributed by atoms with E-state index in [-0.39, 0.29) is 10.5 Å². The quantitative estimate of drug-likeness (QED) is 0.399. The van der Waals surface area contributed by atoms with Crippen molar-refractivity contribution in [1.82, 2.24) is 8.87 Å². The Hall–Kier alpha value is -3.36. The number of rotatable bonds is 6. The second-order valence-electron chi connectivity index (χ2n) is 8.77. The number of carbonyl (C=O) groups excluding carboxylic acids is 1. The predicted molar refractivity (Wildman–Crippen MR) is 139 cm³/mol. The molecule has 0 radical (unpaired) electrons. The van der Waals surface area contributed by atoms with E-state index in [2.05, 4.69) is 28.9 Å². The second-order valence-corrected chi connectivity index (χ2v) is 10.7. The van der Waals surface area contributed by atoms with Crippen molar-refractivity contribution < 1.29 is 17.9 Å². The zero-order valence-electron chi connectivity index (χ0n) is 20.0. The van der Waals surface area contributed by atoms with E-state index in [4.69, 9.17) is 4.74 Å². The molecule has 1 aliphatic heterocycles. The van der Waals surface area contributed by atoms with Crippen LogP contribution in [-0.2, 0) is 16.6 Å². The van der Waals surface area contributed by atoms with Crippen LogP contribution < -0.4 is 10.1 Å². The number of amides is 1. The van der Waals surface area contributed by atoms with Gasteiger partial charge in [-0.05, 0) is 62.2 Å². The van der Waals surface area contributed by atoms with Crippen LogP contribution in [0.15, 0.2) is 65.6 Å². The molecule has 1 aromatic heterocycles. The molecule has 4 aromatic rings. The van der Waals surface area contributed by atoms with Gasteiger partial charge in [0.05, 0.1) is 17.6 Å². The van der Waals surface area contributed by atoms with Crippen LogP contribution in [0.4, 0.5) is 5.69 Å². The van der Waals surface area contributed by atoms with Crippen molar-refractivity contribution >= 4 is 43.4 Å². The number of methoxy groups -OCH3 is 1. The Kier molecular flexibility index (Phi) is 6.25. The number of carbonyl (C=O) groups is 1. The molecule has 2 heterocycles. The minimum absolute atomic E-state index is 0.104. The highest BCUT2D eigenvalue weighted by atomic mass is 32.2. The molecule has 0 spiro atoms. The maximum Gasteiger partial charge on any atom is 0.259 e. The molecular formula is C27H29N3O4S. The van der Waals surface area contributed by atoms with Gasteiger partial charge in [0.15, 0.2) is 0 Å². The van der Waals surface area contributed by atoms with Gasteiger partial charge in [0.25, 0.3) is 5.91 Å². The third-order valence-corrected chi connectivity index (χ3v) is 8.61. The van der Waals surface area contributed by atoms with Crippen LogP contribution in [0.3, 0.4) is 0 Å². The van der Waals surface area contributed by atoms with Gasteiger partial charge >= 0.3 is 0 Å². The van der Waals surface area contributed by atoms with Crippen molar-refractivity contribution in [3.8, 4) is 5.75 Å². The number of piperidine rings is 1. The third kappa shape index (κ3) is 4.17. The number of aryl methyl sites for hydroxylation is 1. The van der Waals surface area contributed by atoms with Gasteiger partial charge in [0.1, 0.15) is 5.75 Å². The number of para-hydroxylation sites is 1. The number of aromatic nitrogens is 1. The summed E-state index contributed by atoms with van der Waals surface area (Å²) in [6.45, 7) is 3.95. The molecule has 0 atom stereocenters. The van der Waals surface area contributed by atoms with Crippen molar-refractivity contribution in [2.45, 2.75) is 37.6 Å². The largest absolute Gasteiger partial charge is 0.496 e. The van der Waals surface area contributed by atoms with E-state index < -0.39 is 15.9 Å². The lowest BCUT2D eigenvalue weighted by atomic mass is 10.1. The molecule has 8 heteroatoms. The number of ether oxygens (including phenoxy) is 1. The normalized spacial score (nSPS) is 14.9. The molecule has 7 nitrogen and oxygen atoms in total. The zero-order chi connectivity index (χ0) is 24.6. The smallest absolute Gasteiger partial charge is 0.259 e. The molecule has 35 heavy (non-hydrogen) atoms. The fraction of sp³-hybridized carbons (Fsp3) is 0.296. The third-order valence-electron chi connectivity index (χ3n) is 6.71. The van der Waals surface area contributed by atoms with E-state index in [1.165, 1.54) is 23.5 Å². The Balaban J connectivity index is 1.49. The fourth-order valence-corrected chi connectivity index (χ4v) is 6.49. The molecule has 0 aliphatic carbocycles. The summed E-state index contributed by atoms with van der Waals surface area (Å²) in [5, 5.41) is 5.11. The lowest BCUT2D eigenvalue weighted by Gasteiger charge is -2.26. The number of nitrogens with zero attached hydrogens (tertiary/aromatic N) is 2. The summed E-state index contributed by atoms with van der Waals surface area (Å²) in [5.41, 5.74) is 3.05. The van der Waals surface area contributed by atoms with E-state index in [0.717, 1.165) is 47.6 Å². The number of hydrogen-bond acceptors (Lipinski definition) is 4. The highest BCUT2D eigenvalue weighted by Crippen LogP contribution is 2.32. The Morgan fingerprint density at radius 2 is 1.69 bits per heavy atom. The number of hydrogen-bond donors (Lipinski definition) is 1. The van der Waals surface area contributed by atoms with Gasteiger partial charge in [-0.15, -0.1) is 0 Å². The molecule has 1 amide bonds. The lowest BCUT2D eigenvalue weighted by Crippen LogP contribution is -2.35. The van der Waals surface area contributed by atoms with Crippen LogP contribution in [0, 0.1) is 0 Å². The first-order valence-electron chi connectivity index (χ1n) is 11.9. The molecule has 0 bridgehead atoms. The molecule has 0 saturated carbocycles. The Morgan fingerprint density at radius 3 is 2.43 bits per heavy atom. The van der Waals surface area contributed by atoms with E-state index in [0.29, 0.717) is 24.5 Å². The van der Waals surface area contributed by atoms with E-state index >= 15 is 0 Å². The van der Waals surface area contributed by atoms with Gasteiger partial charge in [0, 0.05) is 47.1 Å². The van der Waals surface area contributed by atoms with Crippen molar-refractivity contribution in [2.75, 3.05) is 25.5 Å². The summed E-state index contributed by atoms with van der Waals surface area (Å²) in [5.74, 6) is -0.0973. The summed E-state index contributed by atoms with van der Waals surface area (Å²) >= 11 is 0. The van der Waals surface area contributed by atoms with Crippen molar-refractivity contribution in [3.63, 3.8) is 0 Å². The van der Waals surface area contributed by atoms with Gasteiger partial charge in [-0.1, -0.05) is 24.6 Å². The lowest BCUT2D eigenvalue weighted by molar-refractivity contribution is 0.102. The van der Waals surface area contributed by atoms with Crippen molar-refractivity contribution in [1.29, 1.82) is 0 Å². The average Bonchev–Trinajstić information content (AvgIpc) is 3.21. The maximum atomic E-state index is 13.3. The number of nitrogens with one attached hydrogen (secondary N) is 1. The zero-order valence-corrected chi connectivity index (χ0v) is 20.8. The molecule has 1 N–H and O–H groups in total. The minimum Gasteiger partial charge on any atom is -0.496 e. The summed E-state index contributed by atoms with van der Waals surface area (Å²) in [6, 6.07) is 18.5. The van der Waals surface area contributed by atoms with Gasteiger partial charge in [-0.2, -0.15) is 4.31 Å². The maximum absolute atomic E-state index is 13.3. The summed E-state index contributed by atoms with van der Waals surface area (Å²) < 4.78 is 35.5. The molecule has 1 aliphatic rings. The highest BCUT2D eigenvalue weighted by molar-refractivity contribution is 7.89. The first-order valence-corrected chi connectivity index (χ1v) is 13.4. The number of fused-ring (bicyclic) bond motifs is 3. The minimum atomic E-state index is -3.67.